The summed E-state index contributed by atoms with van der Waals surface area (Å²) in [7, 11) is 0. The van der Waals surface area contributed by atoms with Gasteiger partial charge in [-0.3, -0.25) is 0 Å². The molecule has 0 atom stereocenters. The van der Waals surface area contributed by atoms with E-state index in [-0.39, 0.29) is 23.7 Å². The number of halogens is 3. The molecule has 0 bridgehead atoms. The van der Waals surface area contributed by atoms with Gasteiger partial charge in [0.25, 0.3) is 0 Å². The summed E-state index contributed by atoms with van der Waals surface area (Å²) < 4.78 is 26.6. The van der Waals surface area contributed by atoms with Crippen LogP contribution < -0.4 is 4.90 Å². The largest absolute Gasteiger partial charge is 0.508 e. The first-order chi connectivity index (χ1) is 10.8. The van der Waals surface area contributed by atoms with E-state index in [1.165, 1.54) is 6.07 Å². The first kappa shape index (κ1) is 18.3. The van der Waals surface area contributed by atoms with Crippen LogP contribution >= 0.6 is 12.4 Å². The van der Waals surface area contributed by atoms with Crippen LogP contribution in [0.4, 0.5) is 14.5 Å². The summed E-state index contributed by atoms with van der Waals surface area (Å²) in [4.78, 5) is 2.13. The first-order valence-corrected chi connectivity index (χ1v) is 7.52. The number of hydrogen-bond acceptors (Lipinski definition) is 2. The minimum absolute atomic E-state index is 0. The van der Waals surface area contributed by atoms with Gasteiger partial charge < -0.3 is 10.0 Å². The topological polar surface area (TPSA) is 23.5 Å². The summed E-state index contributed by atoms with van der Waals surface area (Å²) >= 11 is 0. The molecule has 3 rings (SSSR count). The predicted octanol–water partition coefficient (Wildman–Crippen LogP) is 5.29. The minimum Gasteiger partial charge on any atom is -0.508 e. The van der Waals surface area contributed by atoms with Crippen LogP contribution in [0.25, 0.3) is 5.57 Å². The Kier molecular flexibility index (Phi) is 4.90. The summed E-state index contributed by atoms with van der Waals surface area (Å²) in [5.74, 6) is -1.47. The maximum Gasteiger partial charge on any atom is 0.159 e. The van der Waals surface area contributed by atoms with Gasteiger partial charge in [0.1, 0.15) is 5.75 Å². The van der Waals surface area contributed by atoms with Crippen molar-refractivity contribution in [1.82, 2.24) is 0 Å². The summed E-state index contributed by atoms with van der Waals surface area (Å²) in [6, 6.07) is 9.22. The molecule has 1 aliphatic rings. The zero-order chi connectivity index (χ0) is 16.8. The Balaban J connectivity index is 0.00000208. The molecule has 128 valence electrons. The Hall–Kier alpha value is -2.07. The minimum atomic E-state index is -0.840. The van der Waals surface area contributed by atoms with E-state index >= 15 is 0 Å². The summed E-state index contributed by atoms with van der Waals surface area (Å²) in [6.45, 7) is 6.61. The fourth-order valence-corrected chi connectivity index (χ4v) is 3.18. The normalized spacial score (nSPS) is 15.4. The number of anilines is 1. The zero-order valence-electron chi connectivity index (χ0n) is 13.8. The van der Waals surface area contributed by atoms with Gasteiger partial charge in [0.05, 0.1) is 5.54 Å². The van der Waals surface area contributed by atoms with Crippen LogP contribution in [0.15, 0.2) is 42.5 Å². The highest BCUT2D eigenvalue weighted by molar-refractivity contribution is 5.85. The molecule has 0 saturated heterocycles. The molecule has 2 nitrogen and oxygen atoms in total. The average Bonchev–Trinajstić information content (AvgIpc) is 2.47. The molecule has 1 aliphatic heterocycles. The maximum atomic E-state index is 13.5. The molecule has 0 radical (unpaired) electrons. The van der Waals surface area contributed by atoms with E-state index in [9.17, 15) is 13.9 Å². The monoisotopic (exact) mass is 351 g/mol. The van der Waals surface area contributed by atoms with Crippen molar-refractivity contribution >= 4 is 23.7 Å². The molecule has 2 aromatic carbocycles. The quantitative estimate of drug-likeness (QED) is 0.794. The Morgan fingerprint density at radius 1 is 1.04 bits per heavy atom. The van der Waals surface area contributed by atoms with Crippen LogP contribution in [0.3, 0.4) is 0 Å². The molecule has 0 aliphatic carbocycles. The lowest BCUT2D eigenvalue weighted by atomic mass is 9.88. The highest BCUT2D eigenvalue weighted by Crippen LogP contribution is 2.41. The number of phenols is 1. The van der Waals surface area contributed by atoms with E-state index in [1.54, 1.807) is 18.2 Å². The van der Waals surface area contributed by atoms with Crippen LogP contribution in [0.2, 0.25) is 0 Å². The second-order valence-corrected chi connectivity index (χ2v) is 6.52. The molecule has 0 saturated carbocycles. The van der Waals surface area contributed by atoms with Crippen molar-refractivity contribution in [3.8, 4) is 5.75 Å². The number of nitrogens with zero attached hydrogens (tertiary/aromatic N) is 1. The van der Waals surface area contributed by atoms with Gasteiger partial charge in [0.15, 0.2) is 11.6 Å². The number of benzene rings is 2. The van der Waals surface area contributed by atoms with Gasteiger partial charge in [-0.15, -0.1) is 12.4 Å². The van der Waals surface area contributed by atoms with Crippen LogP contribution in [-0.4, -0.2) is 10.6 Å². The molecule has 0 fully saturated rings. The fraction of sp³-hybridized carbons (Fsp3) is 0.263. The molecule has 1 N–H and O–H groups in total. The van der Waals surface area contributed by atoms with E-state index < -0.39 is 11.6 Å². The molecule has 0 amide bonds. The highest BCUT2D eigenvalue weighted by atomic mass is 35.5. The number of phenolic OH excluding ortho intramolecular Hbond substituents is 1. The van der Waals surface area contributed by atoms with E-state index in [4.69, 9.17) is 0 Å². The smallest absolute Gasteiger partial charge is 0.159 e. The number of allylic oxidation sites excluding steroid dienone is 1. The Labute approximate surface area is 146 Å². The fourth-order valence-electron chi connectivity index (χ4n) is 3.18. The number of aromatic hydroxyl groups is 1. The molecular weight excluding hydrogens is 332 g/mol. The van der Waals surface area contributed by atoms with E-state index in [0.717, 1.165) is 22.9 Å². The first-order valence-electron chi connectivity index (χ1n) is 7.52. The van der Waals surface area contributed by atoms with Crippen molar-refractivity contribution in [1.29, 1.82) is 0 Å². The number of fused-ring (bicyclic) bond motifs is 1. The second kappa shape index (κ2) is 6.44. The van der Waals surface area contributed by atoms with Gasteiger partial charge in [-0.05, 0) is 62.2 Å². The average molecular weight is 352 g/mol. The Bertz CT molecular complexity index is 802. The SMILES string of the molecule is CC1=CC(C)(C)N(Cc2ccc(F)c(F)c2)c2ccc(O)cc21.Cl. The Morgan fingerprint density at radius 2 is 1.75 bits per heavy atom. The van der Waals surface area contributed by atoms with Crippen LogP contribution in [0.1, 0.15) is 31.9 Å². The molecule has 0 unspecified atom stereocenters. The van der Waals surface area contributed by atoms with Crippen molar-refractivity contribution < 1.29 is 13.9 Å². The summed E-state index contributed by atoms with van der Waals surface area (Å²) in [5, 5.41) is 9.74. The lowest BCUT2D eigenvalue weighted by molar-refractivity contribution is 0.474. The van der Waals surface area contributed by atoms with Gasteiger partial charge in [-0.25, -0.2) is 8.78 Å². The van der Waals surface area contributed by atoms with Crippen molar-refractivity contribution in [2.24, 2.45) is 0 Å². The molecule has 0 aromatic heterocycles. The van der Waals surface area contributed by atoms with Crippen molar-refractivity contribution in [3.05, 3.63) is 65.2 Å². The van der Waals surface area contributed by atoms with Gasteiger partial charge in [-0.1, -0.05) is 12.1 Å². The maximum absolute atomic E-state index is 13.5. The predicted molar refractivity (Wildman–Crippen MR) is 95.6 cm³/mol. The van der Waals surface area contributed by atoms with E-state index in [0.29, 0.717) is 12.1 Å². The zero-order valence-corrected chi connectivity index (χ0v) is 14.6. The lowest BCUT2D eigenvalue weighted by Gasteiger charge is -2.43. The molecule has 5 heteroatoms. The second-order valence-electron chi connectivity index (χ2n) is 6.52. The summed E-state index contributed by atoms with van der Waals surface area (Å²) in [5.41, 5.74) is 3.43. The number of hydrogen-bond donors (Lipinski definition) is 1. The van der Waals surface area contributed by atoms with Crippen LogP contribution in [-0.2, 0) is 6.54 Å². The van der Waals surface area contributed by atoms with Crippen LogP contribution in [0, 0.1) is 11.6 Å². The van der Waals surface area contributed by atoms with E-state index in [1.807, 2.05) is 13.0 Å². The third-order valence-corrected chi connectivity index (χ3v) is 4.29. The summed E-state index contributed by atoms with van der Waals surface area (Å²) in [6.07, 6.45) is 2.12. The molecule has 0 spiro atoms. The van der Waals surface area contributed by atoms with Gasteiger partial charge in [0, 0.05) is 17.8 Å². The molecule has 2 aromatic rings. The van der Waals surface area contributed by atoms with Gasteiger partial charge in [0.2, 0.25) is 0 Å². The van der Waals surface area contributed by atoms with Crippen LogP contribution in [0.5, 0.6) is 5.75 Å². The van der Waals surface area contributed by atoms with Gasteiger partial charge >= 0.3 is 0 Å². The van der Waals surface area contributed by atoms with Crippen molar-refractivity contribution in [2.45, 2.75) is 32.9 Å². The lowest BCUT2D eigenvalue weighted by Crippen LogP contribution is -2.44. The third-order valence-electron chi connectivity index (χ3n) is 4.29. The molecule has 24 heavy (non-hydrogen) atoms. The molecule has 1 heterocycles. The van der Waals surface area contributed by atoms with Crippen molar-refractivity contribution in [3.63, 3.8) is 0 Å². The molecular formula is C19H20ClF2NO. The van der Waals surface area contributed by atoms with E-state index in [2.05, 4.69) is 24.8 Å². The van der Waals surface area contributed by atoms with Gasteiger partial charge in [-0.2, -0.15) is 0 Å². The van der Waals surface area contributed by atoms with Crippen molar-refractivity contribution in [2.75, 3.05) is 4.90 Å². The standard InChI is InChI=1S/C19H19F2NO.ClH/c1-12-10-19(2,3)22(18-7-5-14(23)9-15(12)18)11-13-4-6-16(20)17(21)8-13;/h4-10,23H,11H2,1-3H3;1H. The number of rotatable bonds is 2. The third kappa shape index (κ3) is 3.24. The highest BCUT2D eigenvalue weighted by Gasteiger charge is 2.31. The Morgan fingerprint density at radius 3 is 2.42 bits per heavy atom.